The topological polar surface area (TPSA) is 44.1 Å². The average Bonchev–Trinajstić information content (AvgIpc) is 2.38. The minimum atomic E-state index is -0.0382. The SMILES string of the molecule is O=c1c2cc(Br)ccc2ncn1CCOCCBr. The van der Waals surface area contributed by atoms with Gasteiger partial charge in [0.05, 0.1) is 37.0 Å². The van der Waals surface area contributed by atoms with Gasteiger partial charge in [0.25, 0.3) is 5.56 Å². The summed E-state index contributed by atoms with van der Waals surface area (Å²) in [5.74, 6) is 0. The van der Waals surface area contributed by atoms with Crippen LogP contribution in [0.15, 0.2) is 33.8 Å². The monoisotopic (exact) mass is 374 g/mol. The number of alkyl halides is 1. The van der Waals surface area contributed by atoms with Crippen molar-refractivity contribution < 1.29 is 4.74 Å². The van der Waals surface area contributed by atoms with Crippen molar-refractivity contribution in [1.29, 1.82) is 0 Å². The van der Waals surface area contributed by atoms with Gasteiger partial charge in [0.1, 0.15) is 0 Å². The van der Waals surface area contributed by atoms with E-state index in [0.29, 0.717) is 30.7 Å². The lowest BCUT2D eigenvalue weighted by Crippen LogP contribution is -2.23. The lowest BCUT2D eigenvalue weighted by atomic mass is 10.2. The Kier molecular flexibility index (Phi) is 4.91. The fourth-order valence-electron chi connectivity index (χ4n) is 1.61. The van der Waals surface area contributed by atoms with Gasteiger partial charge in [-0.05, 0) is 18.2 Å². The second kappa shape index (κ2) is 6.45. The Morgan fingerprint density at radius 1 is 1.33 bits per heavy atom. The normalized spacial score (nSPS) is 11.0. The van der Waals surface area contributed by atoms with E-state index in [9.17, 15) is 4.79 Å². The highest BCUT2D eigenvalue weighted by molar-refractivity contribution is 9.10. The lowest BCUT2D eigenvalue weighted by Gasteiger charge is -2.07. The number of benzene rings is 1. The molecule has 0 N–H and O–H groups in total. The van der Waals surface area contributed by atoms with Crippen LogP contribution in [0.1, 0.15) is 0 Å². The van der Waals surface area contributed by atoms with Crippen molar-refractivity contribution in [2.24, 2.45) is 0 Å². The third kappa shape index (κ3) is 3.18. The summed E-state index contributed by atoms with van der Waals surface area (Å²) in [7, 11) is 0. The van der Waals surface area contributed by atoms with E-state index in [1.807, 2.05) is 12.1 Å². The Labute approximate surface area is 121 Å². The van der Waals surface area contributed by atoms with Crippen molar-refractivity contribution in [3.05, 3.63) is 39.4 Å². The first-order chi connectivity index (χ1) is 8.72. The summed E-state index contributed by atoms with van der Waals surface area (Å²) in [5, 5.41) is 1.41. The van der Waals surface area contributed by atoms with Crippen molar-refractivity contribution in [2.45, 2.75) is 6.54 Å². The first kappa shape index (κ1) is 13.7. The molecular weight excluding hydrogens is 364 g/mol. The fourth-order valence-corrected chi connectivity index (χ4v) is 2.20. The molecule has 0 spiro atoms. The molecule has 6 heteroatoms. The van der Waals surface area contributed by atoms with Crippen molar-refractivity contribution in [3.8, 4) is 0 Å². The maximum atomic E-state index is 12.2. The Morgan fingerprint density at radius 3 is 2.94 bits per heavy atom. The zero-order valence-electron chi connectivity index (χ0n) is 9.60. The van der Waals surface area contributed by atoms with E-state index in [2.05, 4.69) is 36.8 Å². The third-order valence-electron chi connectivity index (χ3n) is 2.48. The van der Waals surface area contributed by atoms with Crippen LogP contribution in [0.3, 0.4) is 0 Å². The van der Waals surface area contributed by atoms with Crippen LogP contribution >= 0.6 is 31.9 Å². The number of rotatable bonds is 5. The molecule has 0 unspecified atom stereocenters. The molecule has 4 nitrogen and oxygen atoms in total. The van der Waals surface area contributed by atoms with Gasteiger partial charge < -0.3 is 4.74 Å². The molecule has 2 aromatic rings. The van der Waals surface area contributed by atoms with E-state index < -0.39 is 0 Å². The predicted molar refractivity (Wildman–Crippen MR) is 78.3 cm³/mol. The van der Waals surface area contributed by atoms with E-state index in [4.69, 9.17) is 4.74 Å². The smallest absolute Gasteiger partial charge is 0.261 e. The number of aromatic nitrogens is 2. The minimum Gasteiger partial charge on any atom is -0.379 e. The molecule has 0 fully saturated rings. The van der Waals surface area contributed by atoms with Crippen LogP contribution in [0.4, 0.5) is 0 Å². The Hall–Kier alpha value is -0.720. The van der Waals surface area contributed by atoms with Gasteiger partial charge in [-0.3, -0.25) is 9.36 Å². The zero-order valence-corrected chi connectivity index (χ0v) is 12.8. The summed E-state index contributed by atoms with van der Waals surface area (Å²) in [4.78, 5) is 16.4. The second-order valence-corrected chi connectivity index (χ2v) is 5.41. The van der Waals surface area contributed by atoms with Gasteiger partial charge in [-0.2, -0.15) is 0 Å². The second-order valence-electron chi connectivity index (χ2n) is 3.71. The first-order valence-electron chi connectivity index (χ1n) is 5.51. The van der Waals surface area contributed by atoms with Gasteiger partial charge >= 0.3 is 0 Å². The number of ether oxygens (including phenoxy) is 1. The third-order valence-corrected chi connectivity index (χ3v) is 3.30. The van der Waals surface area contributed by atoms with Gasteiger partial charge in [-0.15, -0.1) is 0 Å². The highest BCUT2D eigenvalue weighted by Crippen LogP contribution is 2.14. The van der Waals surface area contributed by atoms with Crippen LogP contribution in [0, 0.1) is 0 Å². The molecule has 1 aromatic carbocycles. The van der Waals surface area contributed by atoms with Gasteiger partial charge in [-0.1, -0.05) is 31.9 Å². The summed E-state index contributed by atoms with van der Waals surface area (Å²) in [6.07, 6.45) is 1.57. The van der Waals surface area contributed by atoms with Gasteiger partial charge in [0.2, 0.25) is 0 Å². The quantitative estimate of drug-likeness (QED) is 0.595. The number of nitrogens with zero attached hydrogens (tertiary/aromatic N) is 2. The van der Waals surface area contributed by atoms with Gasteiger partial charge in [0, 0.05) is 9.80 Å². The average molecular weight is 376 g/mol. The molecule has 0 aliphatic rings. The molecule has 18 heavy (non-hydrogen) atoms. The van der Waals surface area contributed by atoms with Crippen LogP contribution in [0.2, 0.25) is 0 Å². The Balaban J connectivity index is 2.24. The van der Waals surface area contributed by atoms with Gasteiger partial charge in [-0.25, -0.2) is 4.98 Å². The van der Waals surface area contributed by atoms with Crippen LogP contribution in [-0.4, -0.2) is 28.1 Å². The molecule has 0 saturated heterocycles. The molecule has 0 bridgehead atoms. The van der Waals surface area contributed by atoms with E-state index in [0.717, 1.165) is 9.80 Å². The zero-order chi connectivity index (χ0) is 13.0. The minimum absolute atomic E-state index is 0.0382. The highest BCUT2D eigenvalue weighted by atomic mass is 79.9. The molecule has 0 radical (unpaired) electrons. The van der Waals surface area contributed by atoms with E-state index >= 15 is 0 Å². The molecular formula is C12H12Br2N2O2. The molecule has 1 aromatic heterocycles. The Morgan fingerprint density at radius 2 is 2.17 bits per heavy atom. The summed E-state index contributed by atoms with van der Waals surface area (Å²) < 4.78 is 7.78. The molecule has 2 rings (SSSR count). The van der Waals surface area contributed by atoms with Crippen molar-refractivity contribution in [2.75, 3.05) is 18.5 Å². The number of fused-ring (bicyclic) bond motifs is 1. The molecule has 0 atom stereocenters. The van der Waals surface area contributed by atoms with Crippen LogP contribution in [0.25, 0.3) is 10.9 Å². The lowest BCUT2D eigenvalue weighted by molar-refractivity contribution is 0.141. The summed E-state index contributed by atoms with van der Waals surface area (Å²) >= 11 is 6.64. The largest absolute Gasteiger partial charge is 0.379 e. The van der Waals surface area contributed by atoms with E-state index in [1.54, 1.807) is 17.0 Å². The van der Waals surface area contributed by atoms with E-state index in [-0.39, 0.29) is 5.56 Å². The van der Waals surface area contributed by atoms with Gasteiger partial charge in [0.15, 0.2) is 0 Å². The van der Waals surface area contributed by atoms with Crippen molar-refractivity contribution >= 4 is 42.8 Å². The number of halogens is 2. The molecule has 0 amide bonds. The summed E-state index contributed by atoms with van der Waals surface area (Å²) in [5.41, 5.74) is 0.671. The summed E-state index contributed by atoms with van der Waals surface area (Å²) in [6.45, 7) is 1.66. The maximum Gasteiger partial charge on any atom is 0.261 e. The first-order valence-corrected chi connectivity index (χ1v) is 7.42. The fraction of sp³-hybridized carbons (Fsp3) is 0.333. The highest BCUT2D eigenvalue weighted by Gasteiger charge is 2.04. The number of hydrogen-bond donors (Lipinski definition) is 0. The summed E-state index contributed by atoms with van der Waals surface area (Å²) in [6, 6.07) is 5.49. The van der Waals surface area contributed by atoms with Crippen molar-refractivity contribution in [1.82, 2.24) is 9.55 Å². The molecule has 0 aliphatic heterocycles. The van der Waals surface area contributed by atoms with E-state index in [1.165, 1.54) is 0 Å². The van der Waals surface area contributed by atoms with Crippen LogP contribution in [-0.2, 0) is 11.3 Å². The number of hydrogen-bond acceptors (Lipinski definition) is 3. The standard InChI is InChI=1S/C12H12Br2N2O2/c13-3-5-18-6-4-16-8-15-11-2-1-9(14)7-10(11)12(16)17/h1-2,7-8H,3-6H2. The van der Waals surface area contributed by atoms with Crippen LogP contribution in [0.5, 0.6) is 0 Å². The Bertz CT molecular complexity index is 598. The predicted octanol–water partition coefficient (Wildman–Crippen LogP) is 2.57. The maximum absolute atomic E-state index is 12.2. The molecule has 1 heterocycles. The molecule has 0 aliphatic carbocycles. The van der Waals surface area contributed by atoms with Crippen molar-refractivity contribution in [3.63, 3.8) is 0 Å². The van der Waals surface area contributed by atoms with Crippen LogP contribution < -0.4 is 5.56 Å². The molecule has 0 saturated carbocycles. The molecule has 96 valence electrons.